The highest BCUT2D eigenvalue weighted by Gasteiger charge is 2.05. The number of anilines is 1. The largest absolute Gasteiger partial charge is 0.508 e. The van der Waals surface area contributed by atoms with Gasteiger partial charge in [0.05, 0.1) is 6.42 Å². The molecule has 4 N–H and O–H groups in total. The molecule has 0 fully saturated rings. The lowest BCUT2D eigenvalue weighted by molar-refractivity contribution is -0.117. The molecule has 0 radical (unpaired) electrons. The van der Waals surface area contributed by atoms with E-state index in [-0.39, 0.29) is 24.1 Å². The fourth-order valence-corrected chi connectivity index (χ4v) is 2.02. The molecule has 1 unspecified atom stereocenters. The van der Waals surface area contributed by atoms with Gasteiger partial charge in [-0.25, -0.2) is 0 Å². The van der Waals surface area contributed by atoms with Crippen LogP contribution in [0.25, 0.3) is 0 Å². The fourth-order valence-electron chi connectivity index (χ4n) is 2.02. The predicted molar refractivity (Wildman–Crippen MR) is 79.5 cm³/mol. The molecular weight excluding hydrogens is 252 g/mol. The molecule has 2 aromatic rings. The van der Waals surface area contributed by atoms with E-state index in [0.717, 1.165) is 16.8 Å². The van der Waals surface area contributed by atoms with Crippen molar-refractivity contribution < 1.29 is 9.90 Å². The summed E-state index contributed by atoms with van der Waals surface area (Å²) in [4.78, 5) is 10.8. The van der Waals surface area contributed by atoms with Crippen molar-refractivity contribution in [3.63, 3.8) is 0 Å². The van der Waals surface area contributed by atoms with Crippen molar-refractivity contribution >= 4 is 11.6 Å². The van der Waals surface area contributed by atoms with Crippen LogP contribution in [0.4, 0.5) is 5.69 Å². The van der Waals surface area contributed by atoms with Crippen LogP contribution in [0.3, 0.4) is 0 Å². The second-order valence-corrected chi connectivity index (χ2v) is 4.80. The summed E-state index contributed by atoms with van der Waals surface area (Å²) in [6, 6.07) is 14.9. The monoisotopic (exact) mass is 270 g/mol. The molecule has 2 aromatic carbocycles. The van der Waals surface area contributed by atoms with Gasteiger partial charge in [0.25, 0.3) is 0 Å². The number of aromatic hydroxyl groups is 1. The van der Waals surface area contributed by atoms with Gasteiger partial charge in [0, 0.05) is 11.7 Å². The summed E-state index contributed by atoms with van der Waals surface area (Å²) < 4.78 is 0. The number of hydrogen-bond acceptors (Lipinski definition) is 3. The quantitative estimate of drug-likeness (QED) is 0.781. The Kier molecular flexibility index (Phi) is 4.25. The molecule has 0 saturated heterocycles. The lowest BCUT2D eigenvalue weighted by Gasteiger charge is -2.16. The molecule has 0 spiro atoms. The zero-order chi connectivity index (χ0) is 14.5. The first-order valence-electron chi connectivity index (χ1n) is 6.47. The summed E-state index contributed by atoms with van der Waals surface area (Å²) in [5.74, 6) is -0.0695. The average molecular weight is 270 g/mol. The molecule has 0 saturated carbocycles. The second kappa shape index (κ2) is 6.10. The standard InChI is InChI=1S/C16H18N2O2/c1-11(13-4-8-15(19)9-5-13)18-14-6-2-12(3-7-14)10-16(17)20/h2-9,11,18-19H,10H2,1H3,(H2,17,20). The van der Waals surface area contributed by atoms with Gasteiger partial charge < -0.3 is 16.2 Å². The molecule has 20 heavy (non-hydrogen) atoms. The smallest absolute Gasteiger partial charge is 0.221 e. The Hall–Kier alpha value is -2.49. The molecule has 0 bridgehead atoms. The van der Waals surface area contributed by atoms with Gasteiger partial charge >= 0.3 is 0 Å². The summed E-state index contributed by atoms with van der Waals surface area (Å²) in [7, 11) is 0. The number of nitrogens with one attached hydrogen (secondary N) is 1. The highest BCUT2D eigenvalue weighted by molar-refractivity contribution is 5.76. The Balaban J connectivity index is 2.02. The summed E-state index contributed by atoms with van der Waals surface area (Å²) in [5, 5.41) is 12.6. The Bertz CT molecular complexity index is 576. The molecule has 2 rings (SSSR count). The number of carbonyl (C=O) groups is 1. The van der Waals surface area contributed by atoms with Crippen molar-refractivity contribution in [2.75, 3.05) is 5.32 Å². The van der Waals surface area contributed by atoms with Crippen LogP contribution in [0, 0.1) is 0 Å². The number of rotatable bonds is 5. The second-order valence-electron chi connectivity index (χ2n) is 4.80. The lowest BCUT2D eigenvalue weighted by Crippen LogP contribution is -2.13. The van der Waals surface area contributed by atoms with E-state index in [2.05, 4.69) is 5.32 Å². The van der Waals surface area contributed by atoms with Crippen molar-refractivity contribution in [3.8, 4) is 5.75 Å². The first-order valence-corrected chi connectivity index (χ1v) is 6.47. The van der Waals surface area contributed by atoms with Gasteiger partial charge in [-0.15, -0.1) is 0 Å². The summed E-state index contributed by atoms with van der Waals surface area (Å²) in [6.07, 6.45) is 0.258. The SMILES string of the molecule is CC(Nc1ccc(CC(N)=O)cc1)c1ccc(O)cc1. The Morgan fingerprint density at radius 3 is 2.30 bits per heavy atom. The molecule has 1 amide bonds. The van der Waals surface area contributed by atoms with Gasteiger partial charge in [-0.2, -0.15) is 0 Å². The predicted octanol–water partition coefficient (Wildman–Crippen LogP) is 2.59. The number of phenols is 1. The summed E-state index contributed by atoms with van der Waals surface area (Å²) in [6.45, 7) is 2.05. The van der Waals surface area contributed by atoms with E-state index in [0.29, 0.717) is 0 Å². The van der Waals surface area contributed by atoms with Gasteiger partial charge in [0.1, 0.15) is 5.75 Å². The molecule has 0 aliphatic carbocycles. The molecule has 0 heterocycles. The molecular formula is C16H18N2O2. The molecule has 4 nitrogen and oxygen atoms in total. The van der Waals surface area contributed by atoms with Crippen LogP contribution in [0.5, 0.6) is 5.75 Å². The number of hydrogen-bond donors (Lipinski definition) is 3. The average Bonchev–Trinajstić information content (AvgIpc) is 2.41. The highest BCUT2D eigenvalue weighted by Crippen LogP contribution is 2.21. The number of amides is 1. The van der Waals surface area contributed by atoms with Gasteiger partial charge in [0.15, 0.2) is 0 Å². The fraction of sp³-hybridized carbons (Fsp3) is 0.188. The first kappa shape index (κ1) is 13.9. The first-order chi connectivity index (χ1) is 9.54. The van der Waals surface area contributed by atoms with E-state index in [4.69, 9.17) is 5.73 Å². The van der Waals surface area contributed by atoms with Crippen LogP contribution in [0.15, 0.2) is 48.5 Å². The number of carbonyl (C=O) groups excluding carboxylic acids is 1. The van der Waals surface area contributed by atoms with Crippen molar-refractivity contribution in [2.24, 2.45) is 5.73 Å². The Morgan fingerprint density at radius 1 is 1.15 bits per heavy atom. The van der Waals surface area contributed by atoms with E-state index in [1.54, 1.807) is 12.1 Å². The van der Waals surface area contributed by atoms with E-state index >= 15 is 0 Å². The van der Waals surface area contributed by atoms with Crippen molar-refractivity contribution in [2.45, 2.75) is 19.4 Å². The minimum Gasteiger partial charge on any atom is -0.508 e. The number of primary amides is 1. The Labute approximate surface area is 118 Å². The molecule has 1 atom stereocenters. The van der Waals surface area contributed by atoms with Crippen molar-refractivity contribution in [1.82, 2.24) is 0 Å². The van der Waals surface area contributed by atoms with E-state index in [9.17, 15) is 9.90 Å². The van der Waals surface area contributed by atoms with Crippen LogP contribution >= 0.6 is 0 Å². The molecule has 4 heteroatoms. The summed E-state index contributed by atoms with van der Waals surface area (Å²) in [5.41, 5.74) is 8.12. The van der Waals surface area contributed by atoms with Gasteiger partial charge in [-0.1, -0.05) is 24.3 Å². The van der Waals surface area contributed by atoms with E-state index in [1.165, 1.54) is 0 Å². The van der Waals surface area contributed by atoms with Crippen LogP contribution in [0.2, 0.25) is 0 Å². The van der Waals surface area contributed by atoms with Crippen molar-refractivity contribution in [1.29, 1.82) is 0 Å². The number of phenolic OH excluding ortho intramolecular Hbond substituents is 1. The third kappa shape index (κ3) is 3.75. The molecule has 104 valence electrons. The van der Waals surface area contributed by atoms with Gasteiger partial charge in [-0.05, 0) is 42.3 Å². The molecule has 0 aromatic heterocycles. The zero-order valence-corrected chi connectivity index (χ0v) is 11.3. The maximum atomic E-state index is 10.8. The van der Waals surface area contributed by atoms with Crippen LogP contribution in [-0.2, 0) is 11.2 Å². The number of nitrogens with two attached hydrogens (primary N) is 1. The minimum atomic E-state index is -0.330. The van der Waals surface area contributed by atoms with Crippen LogP contribution in [-0.4, -0.2) is 11.0 Å². The maximum Gasteiger partial charge on any atom is 0.221 e. The molecule has 0 aliphatic rings. The third-order valence-corrected chi connectivity index (χ3v) is 3.11. The van der Waals surface area contributed by atoms with Crippen LogP contribution < -0.4 is 11.1 Å². The normalized spacial score (nSPS) is 11.8. The Morgan fingerprint density at radius 2 is 1.75 bits per heavy atom. The highest BCUT2D eigenvalue weighted by atomic mass is 16.3. The topological polar surface area (TPSA) is 75.3 Å². The van der Waals surface area contributed by atoms with Gasteiger partial charge in [0.2, 0.25) is 5.91 Å². The van der Waals surface area contributed by atoms with Gasteiger partial charge in [-0.3, -0.25) is 4.79 Å². The summed E-state index contributed by atoms with van der Waals surface area (Å²) >= 11 is 0. The van der Waals surface area contributed by atoms with Crippen molar-refractivity contribution in [3.05, 3.63) is 59.7 Å². The minimum absolute atomic E-state index is 0.123. The zero-order valence-electron chi connectivity index (χ0n) is 11.3. The molecule has 0 aliphatic heterocycles. The third-order valence-electron chi connectivity index (χ3n) is 3.11. The lowest BCUT2D eigenvalue weighted by atomic mass is 10.1. The van der Waals surface area contributed by atoms with E-state index in [1.807, 2.05) is 43.3 Å². The van der Waals surface area contributed by atoms with Crippen LogP contribution in [0.1, 0.15) is 24.1 Å². The maximum absolute atomic E-state index is 10.8. The van der Waals surface area contributed by atoms with E-state index < -0.39 is 0 Å². The number of benzene rings is 2.